The van der Waals surface area contributed by atoms with Crippen LogP contribution < -0.4 is 10.3 Å². The fourth-order valence-corrected chi connectivity index (χ4v) is 3.58. The highest BCUT2D eigenvalue weighted by Crippen LogP contribution is 2.24. The molecule has 0 aliphatic heterocycles. The third kappa shape index (κ3) is 4.38. The summed E-state index contributed by atoms with van der Waals surface area (Å²) in [5.74, 6) is -2.06. The molecule has 0 amide bonds. The van der Waals surface area contributed by atoms with Crippen LogP contribution in [0.5, 0.6) is 5.75 Å². The highest BCUT2D eigenvalue weighted by atomic mass is 16.5. The van der Waals surface area contributed by atoms with Gasteiger partial charge >= 0.3 is 0 Å². The molecule has 0 bridgehead atoms. The molecule has 0 N–H and O–H groups in total. The molecule has 8 heteroatoms. The highest BCUT2D eigenvalue weighted by molar-refractivity contribution is 6.24. The third-order valence-corrected chi connectivity index (χ3v) is 5.12. The lowest BCUT2D eigenvalue weighted by atomic mass is 9.82. The number of Topliss-reactive ketones (excluding diaryl/α,β-unsaturated/α-hetero) is 3. The highest BCUT2D eigenvalue weighted by Gasteiger charge is 2.38. The smallest absolute Gasteiger partial charge is 0.264 e. The maximum atomic E-state index is 13.2. The fraction of sp³-hybridized carbons (Fsp3) is 0.409. The Balaban J connectivity index is 2.07. The first-order valence-corrected chi connectivity index (χ1v) is 9.80. The van der Waals surface area contributed by atoms with Gasteiger partial charge in [0.25, 0.3) is 5.56 Å². The predicted molar refractivity (Wildman–Crippen MR) is 109 cm³/mol. The van der Waals surface area contributed by atoms with E-state index < -0.39 is 28.8 Å². The number of aromatic nitrogens is 2. The lowest BCUT2D eigenvalue weighted by Gasteiger charge is -2.19. The van der Waals surface area contributed by atoms with E-state index >= 15 is 0 Å². The minimum absolute atomic E-state index is 0.166. The molecule has 30 heavy (non-hydrogen) atoms. The van der Waals surface area contributed by atoms with Crippen molar-refractivity contribution < 1.29 is 23.9 Å². The summed E-state index contributed by atoms with van der Waals surface area (Å²) in [7, 11) is 3.10. The molecule has 0 saturated heterocycles. The first-order valence-electron chi connectivity index (χ1n) is 9.80. The number of ketones is 3. The number of carbonyl (C=O) groups is 3. The summed E-state index contributed by atoms with van der Waals surface area (Å²) in [6, 6.07) is 7.07. The molecule has 0 radical (unpaired) electrons. The molecule has 1 fully saturated rings. The predicted octanol–water partition coefficient (Wildman–Crippen LogP) is 2.08. The molecule has 1 heterocycles. The number of rotatable bonds is 8. The van der Waals surface area contributed by atoms with Crippen LogP contribution >= 0.6 is 0 Å². The van der Waals surface area contributed by atoms with Crippen LogP contribution in [0.3, 0.4) is 0 Å². The number of nitrogens with zero attached hydrogens (tertiary/aromatic N) is 2. The van der Waals surface area contributed by atoms with E-state index in [-0.39, 0.29) is 24.9 Å². The Morgan fingerprint density at radius 2 is 1.90 bits per heavy atom. The van der Waals surface area contributed by atoms with Crippen molar-refractivity contribution in [1.29, 1.82) is 0 Å². The van der Waals surface area contributed by atoms with Gasteiger partial charge in [0.2, 0.25) is 0 Å². The van der Waals surface area contributed by atoms with Gasteiger partial charge in [-0.2, -0.15) is 0 Å². The summed E-state index contributed by atoms with van der Waals surface area (Å²) in [6.07, 6.45) is 2.46. The second-order valence-electron chi connectivity index (χ2n) is 7.11. The van der Waals surface area contributed by atoms with Crippen molar-refractivity contribution in [2.45, 2.75) is 32.2 Å². The molecule has 1 aliphatic carbocycles. The molecule has 158 valence electrons. The van der Waals surface area contributed by atoms with Gasteiger partial charge in [-0.05, 0) is 25.0 Å². The van der Waals surface area contributed by atoms with Gasteiger partial charge in [-0.25, -0.2) is 4.98 Å². The second kappa shape index (κ2) is 9.58. The van der Waals surface area contributed by atoms with E-state index in [0.717, 1.165) is 0 Å². The molecular weight excluding hydrogens is 388 g/mol. The quantitative estimate of drug-likeness (QED) is 0.371. The van der Waals surface area contributed by atoms with E-state index in [1.807, 2.05) is 0 Å². The minimum atomic E-state index is -1.40. The third-order valence-electron chi connectivity index (χ3n) is 5.12. The number of carbonyl (C=O) groups excluding carboxylic acids is 3. The number of ether oxygens (including phenoxy) is 2. The molecule has 1 saturated carbocycles. The first-order chi connectivity index (χ1) is 14.5. The summed E-state index contributed by atoms with van der Waals surface area (Å²) < 4.78 is 11.7. The Kier molecular flexibility index (Phi) is 6.89. The van der Waals surface area contributed by atoms with E-state index in [2.05, 4.69) is 4.98 Å². The number of hydrogen-bond acceptors (Lipinski definition) is 7. The van der Waals surface area contributed by atoms with E-state index in [1.165, 1.54) is 17.9 Å². The normalized spacial score (nSPS) is 14.7. The Morgan fingerprint density at radius 1 is 1.17 bits per heavy atom. The maximum Gasteiger partial charge on any atom is 0.264 e. The molecule has 1 aromatic heterocycles. The van der Waals surface area contributed by atoms with E-state index in [1.54, 1.807) is 31.4 Å². The minimum Gasteiger partial charge on any atom is -0.497 e. The zero-order valence-electron chi connectivity index (χ0n) is 17.1. The molecule has 0 spiro atoms. The van der Waals surface area contributed by atoms with Crippen LogP contribution in [0.15, 0.2) is 35.3 Å². The van der Waals surface area contributed by atoms with E-state index in [0.29, 0.717) is 36.6 Å². The Labute approximate surface area is 173 Å². The van der Waals surface area contributed by atoms with E-state index in [9.17, 15) is 19.2 Å². The van der Waals surface area contributed by atoms with Crippen LogP contribution in [-0.2, 0) is 20.9 Å². The SMILES string of the molecule is COCCCn1c(-c2cccc(OC)c2)ncc(C(=O)C2C(=O)CCCC2=O)c1=O. The molecule has 3 rings (SSSR count). The maximum absolute atomic E-state index is 13.2. The molecule has 1 aliphatic rings. The van der Waals surface area contributed by atoms with Crippen molar-refractivity contribution in [3.8, 4) is 17.1 Å². The molecular formula is C22H24N2O6. The van der Waals surface area contributed by atoms with Gasteiger partial charge in [0.15, 0.2) is 17.3 Å². The number of benzene rings is 1. The molecule has 0 atom stereocenters. The average molecular weight is 412 g/mol. The van der Waals surface area contributed by atoms with Crippen LogP contribution in [0.1, 0.15) is 36.0 Å². The van der Waals surface area contributed by atoms with Gasteiger partial charge < -0.3 is 9.47 Å². The van der Waals surface area contributed by atoms with Gasteiger partial charge in [-0.3, -0.25) is 23.7 Å². The van der Waals surface area contributed by atoms with E-state index in [4.69, 9.17) is 9.47 Å². The van der Waals surface area contributed by atoms with Gasteiger partial charge in [0.05, 0.1) is 7.11 Å². The zero-order chi connectivity index (χ0) is 21.7. The van der Waals surface area contributed by atoms with Gasteiger partial charge in [-0.15, -0.1) is 0 Å². The van der Waals surface area contributed by atoms with Crippen LogP contribution in [0.4, 0.5) is 0 Å². The van der Waals surface area contributed by atoms with Crippen molar-refractivity contribution in [3.05, 3.63) is 46.4 Å². The van der Waals surface area contributed by atoms with Crippen LogP contribution in [0, 0.1) is 5.92 Å². The second-order valence-corrected chi connectivity index (χ2v) is 7.11. The molecule has 2 aromatic rings. The Morgan fingerprint density at radius 3 is 2.57 bits per heavy atom. The largest absolute Gasteiger partial charge is 0.497 e. The summed E-state index contributed by atoms with van der Waals surface area (Å²) in [4.78, 5) is 54.9. The fourth-order valence-electron chi connectivity index (χ4n) is 3.58. The molecule has 1 aromatic carbocycles. The van der Waals surface area contributed by atoms with Crippen molar-refractivity contribution in [2.75, 3.05) is 20.8 Å². The molecule has 8 nitrogen and oxygen atoms in total. The monoisotopic (exact) mass is 412 g/mol. The zero-order valence-corrected chi connectivity index (χ0v) is 17.1. The Bertz CT molecular complexity index is 1010. The molecule has 0 unspecified atom stereocenters. The lowest BCUT2D eigenvalue weighted by molar-refractivity contribution is -0.133. The van der Waals surface area contributed by atoms with Crippen molar-refractivity contribution in [2.24, 2.45) is 5.92 Å². The number of hydrogen-bond donors (Lipinski definition) is 0. The topological polar surface area (TPSA) is 105 Å². The first kappa shape index (κ1) is 21.6. The summed E-state index contributed by atoms with van der Waals surface area (Å²) in [5.41, 5.74) is -0.171. The van der Waals surface area contributed by atoms with Gasteiger partial charge in [0, 0.05) is 44.9 Å². The van der Waals surface area contributed by atoms with Crippen LogP contribution in [0.2, 0.25) is 0 Å². The number of methoxy groups -OCH3 is 2. The van der Waals surface area contributed by atoms with Gasteiger partial charge in [-0.1, -0.05) is 12.1 Å². The summed E-state index contributed by atoms with van der Waals surface area (Å²) >= 11 is 0. The van der Waals surface area contributed by atoms with Crippen molar-refractivity contribution in [3.63, 3.8) is 0 Å². The average Bonchev–Trinajstić information content (AvgIpc) is 2.74. The van der Waals surface area contributed by atoms with Crippen molar-refractivity contribution >= 4 is 17.3 Å². The van der Waals surface area contributed by atoms with Crippen LogP contribution in [-0.4, -0.2) is 47.7 Å². The summed E-state index contributed by atoms with van der Waals surface area (Å²) in [5, 5.41) is 0. The van der Waals surface area contributed by atoms with Crippen molar-refractivity contribution in [1.82, 2.24) is 9.55 Å². The lowest BCUT2D eigenvalue weighted by Crippen LogP contribution is -2.39. The Hall–Kier alpha value is -3.13. The summed E-state index contributed by atoms with van der Waals surface area (Å²) in [6.45, 7) is 0.682. The van der Waals surface area contributed by atoms with Gasteiger partial charge in [0.1, 0.15) is 23.1 Å². The standard InChI is InChI=1S/C22H24N2O6/c1-29-11-5-10-24-21(14-6-3-7-15(12-14)30-2)23-13-16(22(24)28)20(27)19-17(25)8-4-9-18(19)26/h3,6-7,12-13,19H,4-5,8-11H2,1-2H3. The van der Waals surface area contributed by atoms with Crippen LogP contribution in [0.25, 0.3) is 11.4 Å².